The summed E-state index contributed by atoms with van der Waals surface area (Å²) in [5.74, 6) is 2.00. The summed E-state index contributed by atoms with van der Waals surface area (Å²) < 4.78 is 17.8. The first kappa shape index (κ1) is 42.5. The fourth-order valence-corrected chi connectivity index (χ4v) is 14.3. The number of rotatable bonds is 2. The lowest BCUT2D eigenvalue weighted by molar-refractivity contribution is 0.669. The first-order valence-corrected chi connectivity index (χ1v) is 27.4. The van der Waals surface area contributed by atoms with E-state index in [1.165, 1.54) is 88.2 Å². The van der Waals surface area contributed by atoms with Crippen molar-refractivity contribution < 1.29 is 8.83 Å². The van der Waals surface area contributed by atoms with E-state index in [0.717, 1.165) is 77.9 Å². The van der Waals surface area contributed by atoms with Crippen LogP contribution in [-0.2, 0) is 0 Å². The van der Waals surface area contributed by atoms with Crippen LogP contribution in [0.25, 0.3) is 132 Å². The van der Waals surface area contributed by atoms with Crippen LogP contribution in [0.5, 0.6) is 0 Å². The quantitative estimate of drug-likeness (QED) is 0.161. The van der Waals surface area contributed by atoms with Crippen molar-refractivity contribution in [3.05, 3.63) is 243 Å². The second-order valence-electron chi connectivity index (χ2n) is 21.5. The molecule has 10 aromatic carbocycles. The number of anilines is 4. The molecule has 0 fully saturated rings. The van der Waals surface area contributed by atoms with Crippen molar-refractivity contribution in [3.8, 4) is 44.6 Å². The molecule has 10 heterocycles. The summed E-state index contributed by atoms with van der Waals surface area (Å²) in [5, 5.41) is 9.53. The van der Waals surface area contributed by atoms with E-state index in [4.69, 9.17) is 18.8 Å². The highest BCUT2D eigenvalue weighted by molar-refractivity contribution is 6.83. The first-order valence-electron chi connectivity index (χ1n) is 27.4. The van der Waals surface area contributed by atoms with Gasteiger partial charge in [-0.1, -0.05) is 176 Å². The van der Waals surface area contributed by atoms with Gasteiger partial charge in [0.2, 0.25) is 0 Å². The van der Waals surface area contributed by atoms with Crippen LogP contribution in [0.3, 0.4) is 0 Å². The van der Waals surface area contributed by atoms with Gasteiger partial charge in [0.15, 0.2) is 0 Å². The maximum atomic E-state index is 6.46. The van der Waals surface area contributed by atoms with Crippen LogP contribution >= 0.6 is 0 Å². The molecule has 20 rings (SSSR count). The summed E-state index contributed by atoms with van der Waals surface area (Å²) in [4.78, 5) is 15.3. The van der Waals surface area contributed by atoms with E-state index in [0.29, 0.717) is 0 Å². The lowest BCUT2D eigenvalue weighted by atomic mass is 9.60. The lowest BCUT2D eigenvalue weighted by Gasteiger charge is -2.34. The van der Waals surface area contributed by atoms with E-state index >= 15 is 0 Å². The van der Waals surface area contributed by atoms with Gasteiger partial charge in [-0.25, -0.2) is 9.97 Å². The predicted octanol–water partition coefficient (Wildman–Crippen LogP) is 16.3. The van der Waals surface area contributed by atoms with Gasteiger partial charge in [-0.15, -0.1) is 0 Å². The zero-order chi connectivity index (χ0) is 51.9. The average Bonchev–Trinajstić information content (AvgIpc) is 3.97. The van der Waals surface area contributed by atoms with Crippen LogP contribution in [0.4, 0.5) is 23.0 Å². The van der Waals surface area contributed by atoms with Crippen LogP contribution in [0.1, 0.15) is 0 Å². The zero-order valence-electron chi connectivity index (χ0n) is 42.7. The molecular weight excluding hydrogens is 978 g/mol. The number of nitrogens with zero attached hydrogens (tertiary/aromatic N) is 6. The molecule has 368 valence electrons. The molecule has 10 heteroatoms. The van der Waals surface area contributed by atoms with Crippen molar-refractivity contribution >= 4 is 135 Å². The zero-order valence-corrected chi connectivity index (χ0v) is 42.7. The summed E-state index contributed by atoms with van der Waals surface area (Å²) in [5.41, 5.74) is 22.6. The average molecular weight is 1020 g/mol. The number of benzene rings is 10. The molecule has 4 aliphatic heterocycles. The summed E-state index contributed by atoms with van der Waals surface area (Å²) in [6.07, 6.45) is 1.95. The number of fused-ring (bicyclic) bond motifs is 28. The van der Waals surface area contributed by atoms with Gasteiger partial charge in [-0.05, 0) is 88.3 Å². The minimum absolute atomic E-state index is 0.00626. The minimum Gasteiger partial charge on any atom is -0.455 e. The third-order valence-corrected chi connectivity index (χ3v) is 17.6. The van der Waals surface area contributed by atoms with E-state index in [9.17, 15) is 0 Å². The second kappa shape index (κ2) is 15.6. The monoisotopic (exact) mass is 1020 g/mol. The summed E-state index contributed by atoms with van der Waals surface area (Å²) >= 11 is 0. The molecular formula is C70H40B2N6O2. The Morgan fingerprint density at radius 2 is 0.838 bits per heavy atom. The van der Waals surface area contributed by atoms with Crippen LogP contribution in [-0.4, -0.2) is 32.9 Å². The van der Waals surface area contributed by atoms with Gasteiger partial charge in [0.05, 0.1) is 16.7 Å². The molecule has 0 radical (unpaired) electrons. The SMILES string of the molecule is c1ccc2c(c1)B1N(c3ccc(-c4cccc5c4oc4ccccc45)cc3-2)c2nccc3c4ccccc4n1c23.c1ccc2c(c1)B1N(c3ccccc3-2)c2nc(-c3cccc4c3oc3ccccc34)cc3c4ccccc4n1c23. The van der Waals surface area contributed by atoms with Gasteiger partial charge in [-0.3, -0.25) is 0 Å². The minimum atomic E-state index is -0.00626. The van der Waals surface area contributed by atoms with Crippen molar-refractivity contribution in [2.45, 2.75) is 0 Å². The van der Waals surface area contributed by atoms with Gasteiger partial charge in [0.1, 0.15) is 34.0 Å². The van der Waals surface area contributed by atoms with Gasteiger partial charge in [0, 0.05) is 93.9 Å². The number of aromatic nitrogens is 4. The third-order valence-electron chi connectivity index (χ3n) is 17.6. The molecule has 0 atom stereocenters. The standard InChI is InChI=1S/2C35H20BN3O/c1-5-16-28-21(10-1)22-11-2-7-18-31(22)39-35-33-27(23-12-3-6-17-30(23)38(33)36(28)39)20-29(37-35)26-15-9-14-25-24-13-4-8-19-32(24)40-34(25)26;1-4-13-29-23(8-1)28-20-21(22-11-7-12-27-25-10-3-6-15-32(25)40-34(22)27)16-17-31(28)39-35-33-26(18-19-37-35)24-9-2-5-14-30(24)38(33)36(29)39/h2*1-20H. The van der Waals surface area contributed by atoms with Crippen molar-refractivity contribution in [2.75, 3.05) is 9.62 Å². The molecule has 8 nitrogen and oxygen atoms in total. The molecule has 0 aliphatic carbocycles. The van der Waals surface area contributed by atoms with E-state index in [2.05, 4.69) is 231 Å². The summed E-state index contributed by atoms with van der Waals surface area (Å²) in [6.45, 7) is 0.00824. The van der Waals surface area contributed by atoms with Gasteiger partial charge >= 0.3 is 14.0 Å². The Labute approximate surface area is 457 Å². The first-order chi connectivity index (χ1) is 39.7. The number of pyridine rings is 2. The number of furan rings is 2. The van der Waals surface area contributed by atoms with Crippen LogP contribution in [0.15, 0.2) is 252 Å². The molecule has 0 spiro atoms. The third kappa shape index (κ3) is 5.46. The van der Waals surface area contributed by atoms with E-state index in [1.807, 2.05) is 30.5 Å². The summed E-state index contributed by atoms with van der Waals surface area (Å²) in [7, 11) is 0. The second-order valence-corrected chi connectivity index (χ2v) is 21.5. The predicted molar refractivity (Wildman–Crippen MR) is 330 cm³/mol. The highest BCUT2D eigenvalue weighted by atomic mass is 16.3. The number of para-hydroxylation sites is 7. The fraction of sp³-hybridized carbons (Fsp3) is 0. The van der Waals surface area contributed by atoms with Crippen LogP contribution < -0.4 is 20.5 Å². The van der Waals surface area contributed by atoms with Crippen molar-refractivity contribution in [2.24, 2.45) is 0 Å². The number of hydrogen-bond donors (Lipinski definition) is 0. The molecule has 6 aromatic heterocycles. The smallest absolute Gasteiger partial charge is 0.422 e. The molecule has 80 heavy (non-hydrogen) atoms. The molecule has 16 aromatic rings. The Bertz CT molecular complexity index is 5400. The Morgan fingerprint density at radius 3 is 1.54 bits per heavy atom. The highest BCUT2D eigenvalue weighted by Crippen LogP contribution is 2.52. The Hall–Kier alpha value is -10.6. The van der Waals surface area contributed by atoms with E-state index in [-0.39, 0.29) is 14.0 Å². The maximum Gasteiger partial charge on any atom is 0.422 e. The molecule has 0 saturated carbocycles. The number of hydrogen-bond acceptors (Lipinski definition) is 6. The molecule has 4 aliphatic rings. The van der Waals surface area contributed by atoms with Crippen molar-refractivity contribution in [3.63, 3.8) is 0 Å². The molecule has 0 N–H and O–H groups in total. The lowest BCUT2D eigenvalue weighted by Crippen LogP contribution is -2.51. The van der Waals surface area contributed by atoms with Crippen molar-refractivity contribution in [1.82, 2.24) is 18.9 Å². The van der Waals surface area contributed by atoms with Crippen molar-refractivity contribution in [1.29, 1.82) is 0 Å². The van der Waals surface area contributed by atoms with Crippen LogP contribution in [0, 0.1) is 0 Å². The maximum absolute atomic E-state index is 6.46. The Morgan fingerprint density at radius 1 is 0.338 bits per heavy atom. The van der Waals surface area contributed by atoms with Gasteiger partial charge in [-0.2, -0.15) is 0 Å². The largest absolute Gasteiger partial charge is 0.455 e. The molecule has 0 saturated heterocycles. The normalized spacial score (nSPS) is 13.4. The highest BCUT2D eigenvalue weighted by Gasteiger charge is 2.47. The molecule has 0 bridgehead atoms. The van der Waals surface area contributed by atoms with E-state index < -0.39 is 0 Å². The van der Waals surface area contributed by atoms with E-state index in [1.54, 1.807) is 0 Å². The molecule has 0 unspecified atom stereocenters. The Balaban J connectivity index is 0.000000120. The fourth-order valence-electron chi connectivity index (χ4n) is 14.3. The topological polar surface area (TPSA) is 68.4 Å². The molecule has 0 amide bonds. The van der Waals surface area contributed by atoms with Crippen LogP contribution in [0.2, 0.25) is 0 Å². The summed E-state index contributed by atoms with van der Waals surface area (Å²) in [6, 6.07) is 84.4. The van der Waals surface area contributed by atoms with Gasteiger partial charge in [0.25, 0.3) is 0 Å². The Kier molecular flexibility index (Phi) is 8.27. The van der Waals surface area contributed by atoms with Gasteiger partial charge < -0.3 is 27.4 Å².